The number of benzene rings is 3. The third kappa shape index (κ3) is 31.7. The van der Waals surface area contributed by atoms with Crippen molar-refractivity contribution >= 4 is 54.6 Å². The Hall–Kier alpha value is -6.15. The van der Waals surface area contributed by atoms with Crippen LogP contribution in [0.3, 0.4) is 0 Å². The molecule has 3 rings (SSSR count). The molecule has 0 aliphatic rings. The molecule has 0 saturated heterocycles. The van der Waals surface area contributed by atoms with Crippen molar-refractivity contribution in [3.63, 3.8) is 0 Å². The molecule has 20 nitrogen and oxygen atoms in total. The van der Waals surface area contributed by atoms with Gasteiger partial charge < -0.3 is 55.5 Å². The van der Waals surface area contributed by atoms with Crippen LogP contribution >= 0.6 is 7.60 Å². The van der Waals surface area contributed by atoms with Crippen molar-refractivity contribution < 1.29 is 66.5 Å². The average molecular weight is 1190 g/mol. The molecule has 7 N–H and O–H groups in total. The van der Waals surface area contributed by atoms with Gasteiger partial charge in [-0.3, -0.25) is 42.9 Å². The maximum Gasteiger partial charge on any atom is 0.333 e. The molecular formula is C63H95N6O14P. The van der Waals surface area contributed by atoms with Crippen molar-refractivity contribution in [1.82, 2.24) is 31.9 Å². The van der Waals surface area contributed by atoms with Crippen molar-refractivity contribution in [2.75, 3.05) is 79.0 Å². The molecule has 1 unspecified atom stereocenters. The molecule has 3 aromatic rings. The fourth-order valence-electron chi connectivity index (χ4n) is 8.22. The van der Waals surface area contributed by atoms with Gasteiger partial charge in [0.2, 0.25) is 23.6 Å². The number of amides is 6. The number of nitrogens with one attached hydrogen (secondary N) is 6. The Morgan fingerprint density at radius 2 is 0.810 bits per heavy atom. The van der Waals surface area contributed by atoms with E-state index in [4.69, 9.17) is 18.7 Å². The fraction of sp³-hybridized carbons (Fsp3) is 0.587. The van der Waals surface area contributed by atoms with E-state index in [-0.39, 0.29) is 126 Å². The van der Waals surface area contributed by atoms with Gasteiger partial charge in [-0.1, -0.05) is 84.5 Å². The van der Waals surface area contributed by atoms with E-state index in [1.165, 1.54) is 0 Å². The summed E-state index contributed by atoms with van der Waals surface area (Å²) in [4.78, 5) is 113. The predicted octanol–water partition coefficient (Wildman–Crippen LogP) is 8.11. The first-order valence-electron chi connectivity index (χ1n) is 29.7. The van der Waals surface area contributed by atoms with Crippen LogP contribution < -0.4 is 31.9 Å². The fourth-order valence-corrected chi connectivity index (χ4v) is 8.98. The number of aryl methyl sites for hydroxylation is 3. The highest BCUT2D eigenvalue weighted by molar-refractivity contribution is 7.54. The number of ether oxygens (including phenoxy) is 3. The highest BCUT2D eigenvalue weighted by Crippen LogP contribution is 2.54. The quantitative estimate of drug-likeness (QED) is 0.0160. The third-order valence-corrected chi connectivity index (χ3v) is 15.8. The molecule has 0 aliphatic heterocycles. The normalized spacial score (nSPS) is 12.2. The lowest BCUT2D eigenvalue weighted by atomic mass is 10.0. The van der Waals surface area contributed by atoms with E-state index in [9.17, 15) is 47.8 Å². The highest BCUT2D eigenvalue weighted by Gasteiger charge is 2.36. The highest BCUT2D eigenvalue weighted by atomic mass is 31.2. The standard InChI is InChI=1S/C63H95N6O14P/c1-48-21-27-51(28-22-48)55(71)18-11-9-10-17-54(70)33-42-80-45-63(46-81-43-34-57(73)65-37-15-39-67-60(76)52-29-23-49(2)24-30-52,47-82-44-35-58(74)66-38-16-40-68-61(77)53-31-25-50(3)26-32-53)69-59(75)20-14-19-56(72)64-36-12-7-8-13-41-83-84(78,79)62(4,5)6/h21-32H,7-20,33-47H2,1-6H3,(H,64,72)(H,65,73)(H,66,74)(H,67,76)(H,68,77)(H,69,75)(H,78,79). The van der Waals surface area contributed by atoms with Gasteiger partial charge in [-0.25, -0.2) is 0 Å². The first kappa shape index (κ1) is 72.1. The summed E-state index contributed by atoms with van der Waals surface area (Å²) in [6.45, 7) is 12.1. The average Bonchev–Trinajstić information content (AvgIpc) is 3.59. The van der Waals surface area contributed by atoms with Gasteiger partial charge in [0, 0.05) is 94.4 Å². The summed E-state index contributed by atoms with van der Waals surface area (Å²) in [7, 11) is -3.72. The number of rotatable bonds is 45. The number of carbonyl (C=O) groups is 8. The van der Waals surface area contributed by atoms with E-state index in [2.05, 4.69) is 31.9 Å². The molecule has 3 aromatic carbocycles. The summed E-state index contributed by atoms with van der Waals surface area (Å²) in [5.41, 5.74) is 3.56. The number of hydrogen-bond donors (Lipinski definition) is 7. The summed E-state index contributed by atoms with van der Waals surface area (Å²) < 4.78 is 35.8. The predicted molar refractivity (Wildman–Crippen MR) is 324 cm³/mol. The number of unbranched alkanes of at least 4 members (excludes halogenated alkanes) is 5. The third-order valence-electron chi connectivity index (χ3n) is 13.6. The first-order valence-corrected chi connectivity index (χ1v) is 31.3. The molecule has 21 heteroatoms. The van der Waals surface area contributed by atoms with Crippen molar-refractivity contribution in [1.29, 1.82) is 0 Å². The molecule has 1 atom stereocenters. The minimum Gasteiger partial charge on any atom is -0.378 e. The molecule has 0 heterocycles. The summed E-state index contributed by atoms with van der Waals surface area (Å²) in [5, 5.41) is 16.4. The second-order valence-electron chi connectivity index (χ2n) is 22.4. The monoisotopic (exact) mass is 1190 g/mol. The Labute approximate surface area is 497 Å². The molecular weight excluding hydrogens is 1100 g/mol. The summed E-state index contributed by atoms with van der Waals surface area (Å²) in [6, 6.07) is 21.9. The van der Waals surface area contributed by atoms with E-state index in [0.29, 0.717) is 107 Å². The van der Waals surface area contributed by atoms with Crippen molar-refractivity contribution in [2.45, 2.75) is 161 Å². The van der Waals surface area contributed by atoms with Gasteiger partial charge >= 0.3 is 7.60 Å². The Bertz CT molecular complexity index is 2330. The lowest BCUT2D eigenvalue weighted by Crippen LogP contribution is -2.58. The van der Waals surface area contributed by atoms with Crippen LogP contribution in [0.5, 0.6) is 0 Å². The molecule has 0 bridgehead atoms. The van der Waals surface area contributed by atoms with E-state index in [1.54, 1.807) is 45.0 Å². The Balaban J connectivity index is 1.58. The van der Waals surface area contributed by atoms with E-state index < -0.39 is 24.2 Å². The molecule has 0 fully saturated rings. The van der Waals surface area contributed by atoms with E-state index in [1.807, 2.05) is 69.3 Å². The lowest BCUT2D eigenvalue weighted by molar-refractivity contribution is -0.131. The van der Waals surface area contributed by atoms with E-state index in [0.717, 1.165) is 29.5 Å². The van der Waals surface area contributed by atoms with Gasteiger partial charge in [-0.05, 0) is 111 Å². The Morgan fingerprint density at radius 3 is 1.30 bits per heavy atom. The zero-order valence-corrected chi connectivity index (χ0v) is 51.5. The summed E-state index contributed by atoms with van der Waals surface area (Å²) >= 11 is 0. The van der Waals surface area contributed by atoms with Crippen LogP contribution in [-0.4, -0.2) is 142 Å². The molecule has 0 saturated carbocycles. The van der Waals surface area contributed by atoms with Gasteiger partial charge in [0.1, 0.15) is 11.3 Å². The minimum absolute atomic E-state index is 0.0139. The van der Waals surface area contributed by atoms with Crippen LogP contribution in [0.1, 0.15) is 178 Å². The smallest absolute Gasteiger partial charge is 0.333 e. The van der Waals surface area contributed by atoms with Crippen LogP contribution in [-0.2, 0) is 47.3 Å². The molecule has 466 valence electrons. The Morgan fingerprint density at radius 1 is 0.417 bits per heavy atom. The topological polar surface area (TPSA) is 283 Å². The second-order valence-corrected chi connectivity index (χ2v) is 25.1. The molecule has 84 heavy (non-hydrogen) atoms. The number of ketones is 2. The lowest BCUT2D eigenvalue weighted by Gasteiger charge is -2.34. The number of hydrogen-bond acceptors (Lipinski definition) is 13. The largest absolute Gasteiger partial charge is 0.378 e. The van der Waals surface area contributed by atoms with Crippen LogP contribution in [0.2, 0.25) is 0 Å². The van der Waals surface area contributed by atoms with Crippen LogP contribution in [0.4, 0.5) is 0 Å². The van der Waals surface area contributed by atoms with Crippen molar-refractivity contribution in [3.05, 3.63) is 106 Å². The molecule has 0 aromatic heterocycles. The zero-order chi connectivity index (χ0) is 61.6. The van der Waals surface area contributed by atoms with Gasteiger partial charge in [0.25, 0.3) is 11.8 Å². The minimum atomic E-state index is -3.72. The Kier molecular flexibility index (Phi) is 34.5. The number of Topliss-reactive ketones (excluding diaryl/α,β-unsaturated/α-hetero) is 2. The molecule has 0 spiro atoms. The summed E-state index contributed by atoms with van der Waals surface area (Å²) in [6.07, 6.45) is 6.77. The second kappa shape index (κ2) is 40.2. The van der Waals surface area contributed by atoms with Crippen molar-refractivity contribution in [3.8, 4) is 0 Å². The number of carbonyl (C=O) groups excluding carboxylic acids is 8. The SMILES string of the molecule is Cc1ccc(C(=O)CCCCCC(=O)CCOCC(COCCC(=O)NCCCNC(=O)c2ccc(C)cc2)(COCCC(=O)NCCCNC(=O)c2ccc(C)cc2)NC(=O)CCCC(=O)NCCCCCCOP(=O)(O)C(C)(C)C)cc1. The summed E-state index contributed by atoms with van der Waals surface area (Å²) in [5.74, 6) is -1.63. The van der Waals surface area contributed by atoms with Gasteiger partial charge in [0.05, 0.1) is 51.4 Å². The molecule has 0 radical (unpaired) electrons. The van der Waals surface area contributed by atoms with Crippen LogP contribution in [0.25, 0.3) is 0 Å². The molecule has 6 amide bonds. The van der Waals surface area contributed by atoms with Gasteiger partial charge in [-0.15, -0.1) is 0 Å². The van der Waals surface area contributed by atoms with Crippen LogP contribution in [0.15, 0.2) is 72.8 Å². The van der Waals surface area contributed by atoms with Gasteiger partial charge in [-0.2, -0.15) is 0 Å². The molecule has 0 aliphatic carbocycles. The maximum atomic E-state index is 13.8. The van der Waals surface area contributed by atoms with Crippen LogP contribution in [0, 0.1) is 20.8 Å². The maximum absolute atomic E-state index is 13.8. The van der Waals surface area contributed by atoms with E-state index >= 15 is 0 Å². The first-order chi connectivity index (χ1) is 40.1. The zero-order valence-electron chi connectivity index (χ0n) is 50.6. The van der Waals surface area contributed by atoms with Crippen molar-refractivity contribution in [2.24, 2.45) is 0 Å². The van der Waals surface area contributed by atoms with Gasteiger partial charge in [0.15, 0.2) is 5.78 Å².